The lowest BCUT2D eigenvalue weighted by molar-refractivity contribution is -0.644. The maximum Gasteiger partial charge on any atom is 0.242 e. The van der Waals surface area contributed by atoms with Gasteiger partial charge in [0.25, 0.3) is 0 Å². The molecule has 0 fully saturated rings. The summed E-state index contributed by atoms with van der Waals surface area (Å²) < 4.78 is 2.06. The molecule has 0 spiro atoms. The Morgan fingerprint density at radius 2 is 2.10 bits per heavy atom. The number of nitrogens with zero attached hydrogens (tertiary/aromatic N) is 1. The number of rotatable bonds is 0. The van der Waals surface area contributed by atoms with Gasteiger partial charge in [0.15, 0.2) is 11.0 Å². The van der Waals surface area contributed by atoms with Gasteiger partial charge in [-0.3, -0.25) is 0 Å². The Bertz CT molecular complexity index is 349. The van der Waals surface area contributed by atoms with Gasteiger partial charge in [0.05, 0.1) is 7.05 Å². The van der Waals surface area contributed by atoms with Crippen molar-refractivity contribution in [2.24, 2.45) is 7.05 Å². The van der Waals surface area contributed by atoms with Crippen LogP contribution in [0.2, 0.25) is 0 Å². The predicted octanol–water partition coefficient (Wildman–Crippen LogP) is 0.992. The second-order valence-corrected chi connectivity index (χ2v) is 2.40. The van der Waals surface area contributed by atoms with E-state index in [-0.39, 0.29) is 0 Å². The molecule has 50 valence electrons. The number of nitrogens with one attached hydrogen (secondary N) is 1. The Morgan fingerprint density at radius 1 is 1.30 bits per heavy atom. The predicted molar refractivity (Wildman–Crippen MR) is 39.5 cm³/mol. The number of aryl methyl sites for hydroxylation is 1. The Labute approximate surface area is 59.1 Å². The van der Waals surface area contributed by atoms with E-state index in [1.54, 1.807) is 0 Å². The molecule has 0 bridgehead atoms. The van der Waals surface area contributed by atoms with Crippen molar-refractivity contribution < 1.29 is 4.57 Å². The molecule has 1 N–H and O–H groups in total. The highest BCUT2D eigenvalue weighted by Gasteiger charge is 2.01. The summed E-state index contributed by atoms with van der Waals surface area (Å²) in [5, 5.41) is 0. The molecule has 2 aromatic rings. The molecule has 0 unspecified atom stereocenters. The zero-order chi connectivity index (χ0) is 6.97. The molecule has 0 atom stereocenters. The minimum absolute atomic E-state index is 1.19. The quantitative estimate of drug-likeness (QED) is 0.517. The van der Waals surface area contributed by atoms with Crippen molar-refractivity contribution in [3.63, 3.8) is 0 Å². The van der Waals surface area contributed by atoms with Crippen LogP contribution in [0.25, 0.3) is 11.0 Å². The first-order chi connectivity index (χ1) is 4.88. The van der Waals surface area contributed by atoms with Gasteiger partial charge in [0, 0.05) is 0 Å². The molecule has 0 saturated heterocycles. The Morgan fingerprint density at radius 3 is 2.90 bits per heavy atom. The van der Waals surface area contributed by atoms with Crippen LogP contribution in [0, 0.1) is 0 Å². The number of aromatic nitrogens is 2. The highest BCUT2D eigenvalue weighted by molar-refractivity contribution is 5.70. The van der Waals surface area contributed by atoms with E-state index in [1.807, 2.05) is 25.5 Å². The number of fused-ring (bicyclic) bond motifs is 1. The summed E-state index contributed by atoms with van der Waals surface area (Å²) in [6.07, 6.45) is 1.95. The van der Waals surface area contributed by atoms with Crippen molar-refractivity contribution in [2.45, 2.75) is 0 Å². The number of para-hydroxylation sites is 2. The molecule has 0 radical (unpaired) electrons. The number of hydrogen-bond acceptors (Lipinski definition) is 0. The van der Waals surface area contributed by atoms with Crippen molar-refractivity contribution in [1.82, 2.24) is 4.98 Å². The van der Waals surface area contributed by atoms with Gasteiger partial charge in [-0.2, -0.15) is 0 Å². The van der Waals surface area contributed by atoms with Gasteiger partial charge >= 0.3 is 0 Å². The lowest BCUT2D eigenvalue weighted by atomic mass is 10.3. The minimum atomic E-state index is 1.19. The van der Waals surface area contributed by atoms with Crippen LogP contribution in [0.5, 0.6) is 0 Å². The van der Waals surface area contributed by atoms with Gasteiger partial charge in [-0.05, 0) is 12.1 Å². The third kappa shape index (κ3) is 0.620. The van der Waals surface area contributed by atoms with E-state index in [0.717, 1.165) is 0 Å². The molecule has 1 aromatic carbocycles. The maximum atomic E-state index is 3.15. The third-order valence-corrected chi connectivity index (χ3v) is 1.70. The van der Waals surface area contributed by atoms with E-state index in [2.05, 4.69) is 21.7 Å². The van der Waals surface area contributed by atoms with Crippen LogP contribution in [-0.2, 0) is 7.05 Å². The Hall–Kier alpha value is -1.31. The van der Waals surface area contributed by atoms with Gasteiger partial charge in [0.2, 0.25) is 6.33 Å². The summed E-state index contributed by atoms with van der Waals surface area (Å²) in [6, 6.07) is 8.22. The summed E-state index contributed by atoms with van der Waals surface area (Å²) >= 11 is 0. The van der Waals surface area contributed by atoms with E-state index in [1.165, 1.54) is 11.0 Å². The summed E-state index contributed by atoms with van der Waals surface area (Å²) in [4.78, 5) is 3.15. The summed E-state index contributed by atoms with van der Waals surface area (Å²) in [5.41, 5.74) is 2.42. The normalized spacial score (nSPS) is 10.5. The maximum absolute atomic E-state index is 3.15. The van der Waals surface area contributed by atoms with Crippen molar-refractivity contribution in [2.75, 3.05) is 0 Å². The summed E-state index contributed by atoms with van der Waals surface area (Å²) in [6.45, 7) is 0. The molecule has 0 aliphatic heterocycles. The van der Waals surface area contributed by atoms with Gasteiger partial charge in [-0.15, -0.1) is 0 Å². The molecule has 2 rings (SSSR count). The van der Waals surface area contributed by atoms with E-state index in [0.29, 0.717) is 0 Å². The topological polar surface area (TPSA) is 19.7 Å². The van der Waals surface area contributed by atoms with E-state index >= 15 is 0 Å². The van der Waals surface area contributed by atoms with Crippen LogP contribution in [0.15, 0.2) is 30.6 Å². The average molecular weight is 133 g/mol. The standard InChI is InChI=1S/C8H8N2/c1-10-6-9-7-4-2-3-5-8(7)10/h2-6H,1H3/p+1. The zero-order valence-electron chi connectivity index (χ0n) is 5.83. The Kier molecular flexibility index (Phi) is 1.01. The first-order valence-electron chi connectivity index (χ1n) is 3.30. The van der Waals surface area contributed by atoms with Crippen molar-refractivity contribution in [3.05, 3.63) is 30.6 Å². The van der Waals surface area contributed by atoms with Crippen LogP contribution < -0.4 is 4.57 Å². The van der Waals surface area contributed by atoms with Crippen LogP contribution in [0.3, 0.4) is 0 Å². The summed E-state index contributed by atoms with van der Waals surface area (Å²) in [5.74, 6) is 0. The fourth-order valence-electron chi connectivity index (χ4n) is 1.14. The number of aromatic amines is 1. The molecule has 10 heavy (non-hydrogen) atoms. The highest BCUT2D eigenvalue weighted by atomic mass is 15.0. The van der Waals surface area contributed by atoms with Crippen molar-refractivity contribution >= 4 is 11.0 Å². The van der Waals surface area contributed by atoms with Gasteiger partial charge < -0.3 is 0 Å². The number of imidazole rings is 1. The summed E-state index contributed by atoms with van der Waals surface area (Å²) in [7, 11) is 2.03. The lowest BCUT2D eigenvalue weighted by Gasteiger charge is -1.82. The van der Waals surface area contributed by atoms with Crippen LogP contribution in [0.1, 0.15) is 0 Å². The second-order valence-electron chi connectivity index (χ2n) is 2.40. The fourth-order valence-corrected chi connectivity index (χ4v) is 1.14. The number of hydrogen-bond donors (Lipinski definition) is 1. The molecule has 1 aromatic heterocycles. The smallest absolute Gasteiger partial charge is 0.242 e. The molecule has 2 nitrogen and oxygen atoms in total. The Balaban J connectivity index is 2.93. The monoisotopic (exact) mass is 133 g/mol. The molecule has 0 aliphatic rings. The average Bonchev–Trinajstić information content (AvgIpc) is 2.34. The van der Waals surface area contributed by atoms with E-state index < -0.39 is 0 Å². The lowest BCUT2D eigenvalue weighted by Crippen LogP contribution is -2.24. The van der Waals surface area contributed by atoms with E-state index in [9.17, 15) is 0 Å². The number of H-pyrrole nitrogens is 1. The highest BCUT2D eigenvalue weighted by Crippen LogP contribution is 2.03. The van der Waals surface area contributed by atoms with Crippen molar-refractivity contribution in [3.8, 4) is 0 Å². The zero-order valence-corrected chi connectivity index (χ0v) is 5.83. The molecule has 2 heteroatoms. The molecule has 1 heterocycles. The fraction of sp³-hybridized carbons (Fsp3) is 0.125. The second kappa shape index (κ2) is 1.84. The van der Waals surface area contributed by atoms with Crippen LogP contribution in [-0.4, -0.2) is 4.98 Å². The van der Waals surface area contributed by atoms with Gasteiger partial charge in [-0.1, -0.05) is 12.1 Å². The molecule has 0 aliphatic carbocycles. The molecule has 0 saturated carbocycles. The van der Waals surface area contributed by atoms with Crippen molar-refractivity contribution in [1.29, 1.82) is 0 Å². The van der Waals surface area contributed by atoms with E-state index in [4.69, 9.17) is 0 Å². The molecular formula is C8H9N2+. The molecule has 0 amide bonds. The first kappa shape index (κ1) is 5.47. The van der Waals surface area contributed by atoms with Crippen LogP contribution >= 0.6 is 0 Å². The van der Waals surface area contributed by atoms with Crippen LogP contribution in [0.4, 0.5) is 0 Å². The first-order valence-corrected chi connectivity index (χ1v) is 3.30. The number of benzene rings is 1. The third-order valence-electron chi connectivity index (χ3n) is 1.70. The van der Waals surface area contributed by atoms with Gasteiger partial charge in [-0.25, -0.2) is 9.55 Å². The van der Waals surface area contributed by atoms with Gasteiger partial charge in [0.1, 0.15) is 0 Å². The SMILES string of the molecule is C[n+]1c[nH]c2ccccc21. The minimum Gasteiger partial charge on any atom is -0.243 e. The molecular weight excluding hydrogens is 124 g/mol. The largest absolute Gasteiger partial charge is 0.243 e.